The zero-order valence-corrected chi connectivity index (χ0v) is 8.08. The molecule has 13 heavy (non-hydrogen) atoms. The third kappa shape index (κ3) is 1.58. The molecule has 0 amide bonds. The first-order chi connectivity index (χ1) is 6.13. The molecule has 1 fully saturated rings. The molecule has 0 aliphatic heterocycles. The van der Waals surface area contributed by atoms with Crippen LogP contribution in [0.2, 0.25) is 0 Å². The fourth-order valence-electron chi connectivity index (χ4n) is 1.53. The van der Waals surface area contributed by atoms with Gasteiger partial charge in [0.15, 0.2) is 5.82 Å². The molecule has 1 aliphatic rings. The zero-order valence-electron chi connectivity index (χ0n) is 8.08. The van der Waals surface area contributed by atoms with Gasteiger partial charge < -0.3 is 10.3 Å². The largest absolute Gasteiger partial charge is 0.339 e. The van der Waals surface area contributed by atoms with Crippen LogP contribution in [0.1, 0.15) is 37.9 Å². The van der Waals surface area contributed by atoms with Crippen molar-refractivity contribution in [1.82, 2.24) is 10.1 Å². The van der Waals surface area contributed by atoms with Gasteiger partial charge in [-0.3, -0.25) is 0 Å². The average molecular weight is 181 g/mol. The molecular formula is C9H15N3O. The van der Waals surface area contributed by atoms with Crippen LogP contribution >= 0.6 is 0 Å². The monoisotopic (exact) mass is 181 g/mol. The second-order valence-corrected chi connectivity index (χ2v) is 4.33. The highest BCUT2D eigenvalue weighted by molar-refractivity contribution is 5.12. The standard InChI is InChI=1S/C9H15N3O/c1-9(2)5-6(9)8-11-7(3-4-10)12-13-8/h6H,3-5,10H2,1-2H3/t6-/m1/s1. The summed E-state index contributed by atoms with van der Waals surface area (Å²) in [6.07, 6.45) is 1.86. The second-order valence-electron chi connectivity index (χ2n) is 4.33. The Balaban J connectivity index is 2.07. The SMILES string of the molecule is CC1(C)C[C@@H]1c1nc(CCN)no1. The van der Waals surface area contributed by atoms with Crippen LogP contribution in [-0.2, 0) is 6.42 Å². The quantitative estimate of drug-likeness (QED) is 0.758. The summed E-state index contributed by atoms with van der Waals surface area (Å²) in [7, 11) is 0. The minimum Gasteiger partial charge on any atom is -0.339 e. The van der Waals surface area contributed by atoms with Crippen molar-refractivity contribution in [3.05, 3.63) is 11.7 Å². The maximum Gasteiger partial charge on any atom is 0.230 e. The normalized spacial score (nSPS) is 24.7. The Hall–Kier alpha value is -0.900. The van der Waals surface area contributed by atoms with E-state index in [0.29, 0.717) is 24.3 Å². The molecule has 1 atom stereocenters. The van der Waals surface area contributed by atoms with Gasteiger partial charge >= 0.3 is 0 Å². The smallest absolute Gasteiger partial charge is 0.230 e. The predicted molar refractivity (Wildman–Crippen MR) is 48.2 cm³/mol. The Labute approximate surface area is 77.5 Å². The highest BCUT2D eigenvalue weighted by atomic mass is 16.5. The molecule has 0 spiro atoms. The fraction of sp³-hybridized carbons (Fsp3) is 0.778. The van der Waals surface area contributed by atoms with Gasteiger partial charge in [0.05, 0.1) is 0 Å². The van der Waals surface area contributed by atoms with E-state index in [1.165, 1.54) is 0 Å². The van der Waals surface area contributed by atoms with E-state index in [9.17, 15) is 0 Å². The van der Waals surface area contributed by atoms with Crippen LogP contribution in [0.3, 0.4) is 0 Å². The lowest BCUT2D eigenvalue weighted by molar-refractivity contribution is 0.363. The van der Waals surface area contributed by atoms with Gasteiger partial charge in [-0.25, -0.2) is 0 Å². The van der Waals surface area contributed by atoms with Crippen LogP contribution < -0.4 is 5.73 Å². The second kappa shape index (κ2) is 2.80. The minimum absolute atomic E-state index is 0.354. The van der Waals surface area contributed by atoms with Gasteiger partial charge in [0.1, 0.15) is 0 Å². The highest BCUT2D eigenvalue weighted by Crippen LogP contribution is 2.57. The molecule has 1 aromatic heterocycles. The van der Waals surface area contributed by atoms with Crippen molar-refractivity contribution >= 4 is 0 Å². The molecule has 1 aliphatic carbocycles. The lowest BCUT2D eigenvalue weighted by Crippen LogP contribution is -2.04. The summed E-state index contributed by atoms with van der Waals surface area (Å²) in [5.41, 5.74) is 5.75. The van der Waals surface area contributed by atoms with Crippen LogP contribution in [0, 0.1) is 5.41 Å². The van der Waals surface area contributed by atoms with E-state index in [1.807, 2.05) is 0 Å². The zero-order chi connectivity index (χ0) is 9.47. The van der Waals surface area contributed by atoms with Crippen molar-refractivity contribution in [2.24, 2.45) is 11.1 Å². The van der Waals surface area contributed by atoms with Gasteiger partial charge in [-0.1, -0.05) is 19.0 Å². The minimum atomic E-state index is 0.354. The van der Waals surface area contributed by atoms with E-state index < -0.39 is 0 Å². The number of nitrogens with two attached hydrogens (primary N) is 1. The third-order valence-corrected chi connectivity index (χ3v) is 2.66. The molecule has 2 N–H and O–H groups in total. The molecule has 0 aromatic carbocycles. The van der Waals surface area contributed by atoms with Crippen LogP contribution in [0.25, 0.3) is 0 Å². The van der Waals surface area contributed by atoms with Crippen molar-refractivity contribution in [2.75, 3.05) is 6.54 Å². The molecular weight excluding hydrogens is 166 g/mol. The fourth-order valence-corrected chi connectivity index (χ4v) is 1.53. The summed E-state index contributed by atoms with van der Waals surface area (Å²) < 4.78 is 5.16. The molecule has 0 saturated heterocycles. The number of nitrogens with zero attached hydrogens (tertiary/aromatic N) is 2. The summed E-state index contributed by atoms with van der Waals surface area (Å²) in [6, 6.07) is 0. The van der Waals surface area contributed by atoms with Gasteiger partial charge in [0.2, 0.25) is 5.89 Å². The lowest BCUT2D eigenvalue weighted by Gasteiger charge is -1.95. The van der Waals surface area contributed by atoms with Crippen molar-refractivity contribution in [3.8, 4) is 0 Å². The number of hydrogen-bond donors (Lipinski definition) is 1. The Morgan fingerprint density at radius 3 is 2.85 bits per heavy atom. The number of rotatable bonds is 3. The summed E-state index contributed by atoms with van der Waals surface area (Å²) in [5, 5.41) is 3.87. The summed E-state index contributed by atoms with van der Waals surface area (Å²) in [4.78, 5) is 4.30. The average Bonchev–Trinajstić information content (AvgIpc) is 2.52. The predicted octanol–water partition coefficient (Wildman–Crippen LogP) is 1.08. The molecule has 4 nitrogen and oxygen atoms in total. The Kier molecular flexibility index (Phi) is 1.87. The molecule has 4 heteroatoms. The van der Waals surface area contributed by atoms with E-state index >= 15 is 0 Å². The molecule has 0 unspecified atom stereocenters. The van der Waals surface area contributed by atoms with Crippen LogP contribution in [0.15, 0.2) is 4.52 Å². The Morgan fingerprint density at radius 2 is 2.31 bits per heavy atom. The van der Waals surface area contributed by atoms with E-state index in [1.54, 1.807) is 0 Å². The third-order valence-electron chi connectivity index (χ3n) is 2.66. The molecule has 0 bridgehead atoms. The van der Waals surface area contributed by atoms with Gasteiger partial charge in [-0.2, -0.15) is 4.98 Å². The Bertz CT molecular complexity index is 306. The summed E-state index contributed by atoms with van der Waals surface area (Å²) >= 11 is 0. The molecule has 1 aromatic rings. The highest BCUT2D eigenvalue weighted by Gasteiger charge is 2.50. The van der Waals surface area contributed by atoms with E-state index in [-0.39, 0.29) is 0 Å². The van der Waals surface area contributed by atoms with Gasteiger partial charge in [-0.05, 0) is 18.4 Å². The van der Waals surface area contributed by atoms with Crippen LogP contribution in [-0.4, -0.2) is 16.7 Å². The topological polar surface area (TPSA) is 64.9 Å². The first kappa shape index (κ1) is 8.69. The first-order valence-electron chi connectivity index (χ1n) is 4.66. The molecule has 0 radical (unpaired) electrons. The molecule has 1 saturated carbocycles. The van der Waals surface area contributed by atoms with E-state index in [2.05, 4.69) is 24.0 Å². The maximum absolute atomic E-state index is 5.39. The first-order valence-corrected chi connectivity index (χ1v) is 4.66. The number of hydrogen-bond acceptors (Lipinski definition) is 4. The Morgan fingerprint density at radius 1 is 1.62 bits per heavy atom. The van der Waals surface area contributed by atoms with E-state index in [0.717, 1.165) is 18.1 Å². The van der Waals surface area contributed by atoms with E-state index in [4.69, 9.17) is 10.3 Å². The maximum atomic E-state index is 5.39. The summed E-state index contributed by atoms with van der Waals surface area (Å²) in [6.45, 7) is 5.00. The van der Waals surface area contributed by atoms with Crippen molar-refractivity contribution in [2.45, 2.75) is 32.6 Å². The molecule has 72 valence electrons. The lowest BCUT2D eigenvalue weighted by atomic mass is 10.1. The molecule has 1 heterocycles. The van der Waals surface area contributed by atoms with Crippen molar-refractivity contribution in [1.29, 1.82) is 0 Å². The molecule has 2 rings (SSSR count). The van der Waals surface area contributed by atoms with Crippen molar-refractivity contribution < 1.29 is 4.52 Å². The van der Waals surface area contributed by atoms with Gasteiger partial charge in [0.25, 0.3) is 0 Å². The van der Waals surface area contributed by atoms with Crippen LogP contribution in [0.4, 0.5) is 0 Å². The van der Waals surface area contributed by atoms with Gasteiger partial charge in [-0.15, -0.1) is 0 Å². The van der Waals surface area contributed by atoms with Gasteiger partial charge in [0, 0.05) is 12.3 Å². The number of aromatic nitrogens is 2. The van der Waals surface area contributed by atoms with Crippen LogP contribution in [0.5, 0.6) is 0 Å². The summed E-state index contributed by atoms with van der Waals surface area (Å²) in [5.74, 6) is 1.99. The van der Waals surface area contributed by atoms with Crippen molar-refractivity contribution in [3.63, 3.8) is 0 Å².